The van der Waals surface area contributed by atoms with E-state index in [1.165, 1.54) is 25.3 Å². The molecule has 0 aliphatic carbocycles. The lowest BCUT2D eigenvalue weighted by molar-refractivity contribution is -0.112. The molecule has 0 aliphatic rings. The van der Waals surface area contributed by atoms with Crippen molar-refractivity contribution in [2.75, 3.05) is 12.4 Å². The average Bonchev–Trinajstić information content (AvgIpc) is 2.60. The zero-order valence-corrected chi connectivity index (χ0v) is 12.8. The quantitative estimate of drug-likeness (QED) is 0.651. The molecule has 2 aromatic rings. The number of nitriles is 1. The van der Waals surface area contributed by atoms with Gasteiger partial charge in [0.15, 0.2) is 0 Å². The number of carboxylic acid groups (broad SMARTS) is 1. The molecule has 2 N–H and O–H groups in total. The summed E-state index contributed by atoms with van der Waals surface area (Å²) in [7, 11) is 1.52. The maximum atomic E-state index is 12.3. The Morgan fingerprint density at radius 3 is 2.62 bits per heavy atom. The molecule has 0 fully saturated rings. The van der Waals surface area contributed by atoms with E-state index in [9.17, 15) is 14.9 Å². The van der Waals surface area contributed by atoms with E-state index in [0.717, 1.165) is 0 Å². The minimum absolute atomic E-state index is 0.0514. The first-order valence-electron chi connectivity index (χ1n) is 6.94. The van der Waals surface area contributed by atoms with Crippen LogP contribution in [-0.4, -0.2) is 24.1 Å². The summed E-state index contributed by atoms with van der Waals surface area (Å²) in [6.07, 6.45) is 1.40. The number of carbonyl (C=O) groups is 2. The molecule has 0 spiro atoms. The molecule has 1 amide bonds. The van der Waals surface area contributed by atoms with Crippen molar-refractivity contribution < 1.29 is 19.4 Å². The molecule has 6 heteroatoms. The van der Waals surface area contributed by atoms with Crippen LogP contribution in [0.4, 0.5) is 5.69 Å². The third kappa shape index (κ3) is 3.99. The molecule has 0 unspecified atom stereocenters. The number of hydrogen-bond acceptors (Lipinski definition) is 4. The number of ether oxygens (including phenoxy) is 1. The summed E-state index contributed by atoms with van der Waals surface area (Å²) in [6, 6.07) is 14.7. The monoisotopic (exact) mass is 322 g/mol. The number of aromatic carboxylic acids is 1. The van der Waals surface area contributed by atoms with Gasteiger partial charge in [-0.1, -0.05) is 24.3 Å². The smallest absolute Gasteiger partial charge is 0.337 e. The van der Waals surface area contributed by atoms with Gasteiger partial charge in [0, 0.05) is 0 Å². The van der Waals surface area contributed by atoms with Crippen molar-refractivity contribution in [3.05, 3.63) is 65.2 Å². The first-order valence-corrected chi connectivity index (χ1v) is 6.94. The predicted molar refractivity (Wildman–Crippen MR) is 88.6 cm³/mol. The second-order valence-corrected chi connectivity index (χ2v) is 4.75. The van der Waals surface area contributed by atoms with Gasteiger partial charge in [0.1, 0.15) is 17.4 Å². The second-order valence-electron chi connectivity index (χ2n) is 4.75. The van der Waals surface area contributed by atoms with Crippen molar-refractivity contribution in [3.63, 3.8) is 0 Å². The van der Waals surface area contributed by atoms with Crippen LogP contribution in [0.2, 0.25) is 0 Å². The lowest BCUT2D eigenvalue weighted by Gasteiger charge is -2.07. The van der Waals surface area contributed by atoms with Gasteiger partial charge in [-0.25, -0.2) is 4.79 Å². The fraction of sp³-hybridized carbons (Fsp3) is 0.0556. The number of amides is 1. The lowest BCUT2D eigenvalue weighted by atomic mass is 10.1. The Hall–Kier alpha value is -3.59. The fourth-order valence-electron chi connectivity index (χ4n) is 2.01. The molecular formula is C18H14N2O4. The molecule has 24 heavy (non-hydrogen) atoms. The first-order chi connectivity index (χ1) is 11.5. The van der Waals surface area contributed by atoms with Gasteiger partial charge in [0.2, 0.25) is 0 Å². The van der Waals surface area contributed by atoms with Gasteiger partial charge in [-0.05, 0) is 35.9 Å². The predicted octanol–water partition coefficient (Wildman–Crippen LogP) is 2.94. The van der Waals surface area contributed by atoms with E-state index in [4.69, 9.17) is 9.84 Å². The maximum absolute atomic E-state index is 12.3. The van der Waals surface area contributed by atoms with E-state index >= 15 is 0 Å². The van der Waals surface area contributed by atoms with E-state index in [1.807, 2.05) is 6.07 Å². The van der Waals surface area contributed by atoms with Crippen molar-refractivity contribution in [2.45, 2.75) is 0 Å². The van der Waals surface area contributed by atoms with E-state index in [1.54, 1.807) is 36.4 Å². The van der Waals surface area contributed by atoms with Gasteiger partial charge in [0.05, 0.1) is 18.4 Å². The fourth-order valence-corrected chi connectivity index (χ4v) is 2.01. The zero-order valence-electron chi connectivity index (χ0n) is 12.8. The van der Waals surface area contributed by atoms with Crippen LogP contribution in [0, 0.1) is 11.3 Å². The summed E-state index contributed by atoms with van der Waals surface area (Å²) in [4.78, 5) is 23.4. The topological polar surface area (TPSA) is 99.4 Å². The summed E-state index contributed by atoms with van der Waals surface area (Å²) in [6.45, 7) is 0. The van der Waals surface area contributed by atoms with Gasteiger partial charge in [0.25, 0.3) is 5.91 Å². The lowest BCUT2D eigenvalue weighted by Crippen LogP contribution is -2.16. The Morgan fingerprint density at radius 2 is 1.96 bits per heavy atom. The van der Waals surface area contributed by atoms with Crippen LogP contribution in [0.5, 0.6) is 5.75 Å². The summed E-state index contributed by atoms with van der Waals surface area (Å²) in [5, 5.41) is 20.8. The molecule has 0 heterocycles. The average molecular weight is 322 g/mol. The molecular weight excluding hydrogens is 308 g/mol. The van der Waals surface area contributed by atoms with Gasteiger partial charge in [-0.15, -0.1) is 0 Å². The Bertz CT molecular complexity index is 850. The van der Waals surface area contributed by atoms with E-state index in [0.29, 0.717) is 11.3 Å². The molecule has 0 aromatic heterocycles. The third-order valence-electron chi connectivity index (χ3n) is 3.18. The largest absolute Gasteiger partial charge is 0.497 e. The van der Waals surface area contributed by atoms with Crippen molar-refractivity contribution in [1.29, 1.82) is 5.26 Å². The number of hydrogen-bond donors (Lipinski definition) is 2. The van der Waals surface area contributed by atoms with Crippen LogP contribution < -0.4 is 10.1 Å². The Morgan fingerprint density at radius 1 is 1.21 bits per heavy atom. The van der Waals surface area contributed by atoms with Crippen LogP contribution in [0.1, 0.15) is 15.9 Å². The third-order valence-corrected chi connectivity index (χ3v) is 3.18. The molecule has 0 bridgehead atoms. The normalized spacial score (nSPS) is 10.6. The standard InChI is InChI=1S/C18H14N2O4/c1-24-14-6-4-5-12(10-14)9-13(11-19)17(21)20-16-8-3-2-7-15(16)18(22)23/h2-10H,1H3,(H,20,21)(H,22,23)/b13-9+. The summed E-state index contributed by atoms with van der Waals surface area (Å²) < 4.78 is 5.09. The van der Waals surface area contributed by atoms with E-state index < -0.39 is 11.9 Å². The van der Waals surface area contributed by atoms with Gasteiger partial charge >= 0.3 is 5.97 Å². The number of rotatable bonds is 5. The number of anilines is 1. The summed E-state index contributed by atoms with van der Waals surface area (Å²) in [5.74, 6) is -1.26. The van der Waals surface area contributed by atoms with Crippen LogP contribution in [-0.2, 0) is 4.79 Å². The van der Waals surface area contributed by atoms with Crippen LogP contribution >= 0.6 is 0 Å². The minimum Gasteiger partial charge on any atom is -0.497 e. The van der Waals surface area contributed by atoms with Gasteiger partial charge < -0.3 is 15.2 Å². The van der Waals surface area contributed by atoms with E-state index in [-0.39, 0.29) is 16.8 Å². The van der Waals surface area contributed by atoms with Gasteiger partial charge in [-0.2, -0.15) is 5.26 Å². The molecule has 0 saturated carbocycles. The van der Waals surface area contributed by atoms with Crippen molar-refractivity contribution in [1.82, 2.24) is 0 Å². The molecule has 0 aliphatic heterocycles. The highest BCUT2D eigenvalue weighted by atomic mass is 16.5. The molecule has 120 valence electrons. The SMILES string of the molecule is COc1cccc(/C=C(\C#N)C(=O)Nc2ccccc2C(=O)O)c1. The number of nitrogens with one attached hydrogen (secondary N) is 1. The number of benzene rings is 2. The Balaban J connectivity index is 2.28. The highest BCUT2D eigenvalue weighted by Crippen LogP contribution is 2.18. The number of carboxylic acids is 1. The summed E-state index contributed by atoms with van der Waals surface area (Å²) in [5.41, 5.74) is 0.544. The van der Waals surface area contributed by atoms with Crippen molar-refractivity contribution >= 4 is 23.6 Å². The maximum Gasteiger partial charge on any atom is 0.337 e. The first kappa shape index (κ1) is 16.8. The molecule has 0 atom stereocenters. The van der Waals surface area contributed by atoms with Crippen molar-refractivity contribution in [2.24, 2.45) is 0 Å². The molecule has 6 nitrogen and oxygen atoms in total. The second kappa shape index (κ2) is 7.61. The van der Waals surface area contributed by atoms with Crippen LogP contribution in [0.3, 0.4) is 0 Å². The molecule has 2 rings (SSSR count). The van der Waals surface area contributed by atoms with Crippen molar-refractivity contribution in [3.8, 4) is 11.8 Å². The van der Waals surface area contributed by atoms with Crippen LogP contribution in [0.25, 0.3) is 6.08 Å². The minimum atomic E-state index is -1.17. The highest BCUT2D eigenvalue weighted by molar-refractivity contribution is 6.11. The Kier molecular flexibility index (Phi) is 5.32. The number of nitrogens with zero attached hydrogens (tertiary/aromatic N) is 1. The molecule has 0 radical (unpaired) electrons. The van der Waals surface area contributed by atoms with Crippen LogP contribution in [0.15, 0.2) is 54.1 Å². The zero-order chi connectivity index (χ0) is 17.5. The highest BCUT2D eigenvalue weighted by Gasteiger charge is 2.14. The summed E-state index contributed by atoms with van der Waals surface area (Å²) >= 11 is 0. The van der Waals surface area contributed by atoms with Gasteiger partial charge in [-0.3, -0.25) is 4.79 Å². The number of methoxy groups -OCH3 is 1. The Labute approximate surface area is 138 Å². The molecule has 0 saturated heterocycles. The number of carbonyl (C=O) groups excluding carboxylic acids is 1. The molecule has 2 aromatic carbocycles. The number of para-hydroxylation sites is 1. The van der Waals surface area contributed by atoms with E-state index in [2.05, 4.69) is 5.32 Å².